The quantitative estimate of drug-likeness (QED) is 0.241. The summed E-state index contributed by atoms with van der Waals surface area (Å²) >= 11 is 6.01. The summed E-state index contributed by atoms with van der Waals surface area (Å²) in [5.41, 5.74) is 1.03. The number of ether oxygens (including phenoxy) is 1. The number of nitrogens with zero attached hydrogens (tertiary/aromatic N) is 4. The fraction of sp³-hybridized carbons (Fsp3) is 0.0385. The van der Waals surface area contributed by atoms with Crippen molar-refractivity contribution in [3.05, 3.63) is 118 Å². The van der Waals surface area contributed by atoms with Crippen LogP contribution in [0.3, 0.4) is 0 Å². The molecular formula is C26H19ClFN7O3. The van der Waals surface area contributed by atoms with Crippen LogP contribution in [0.15, 0.2) is 90.1 Å². The van der Waals surface area contributed by atoms with Gasteiger partial charge in [0.2, 0.25) is 17.8 Å². The van der Waals surface area contributed by atoms with Gasteiger partial charge < -0.3 is 19.9 Å². The second kappa shape index (κ2) is 10.9. The third kappa shape index (κ3) is 6.02. The van der Waals surface area contributed by atoms with Crippen molar-refractivity contribution >= 4 is 34.8 Å². The van der Waals surface area contributed by atoms with Crippen LogP contribution in [-0.2, 0) is 6.54 Å². The van der Waals surface area contributed by atoms with Crippen LogP contribution in [0.25, 0.3) is 0 Å². The summed E-state index contributed by atoms with van der Waals surface area (Å²) < 4.78 is 20.5. The van der Waals surface area contributed by atoms with Crippen molar-refractivity contribution in [1.29, 1.82) is 0 Å². The summed E-state index contributed by atoms with van der Waals surface area (Å²) in [7, 11) is 0. The molecule has 1 amide bonds. The largest absolute Gasteiger partial charge is 0.439 e. The molecule has 190 valence electrons. The molecule has 3 N–H and O–H groups in total. The first-order valence-corrected chi connectivity index (χ1v) is 11.6. The maximum Gasteiger partial charge on any atom is 0.287 e. The Morgan fingerprint density at radius 1 is 1.03 bits per heavy atom. The van der Waals surface area contributed by atoms with E-state index in [2.05, 4.69) is 30.8 Å². The number of carbonyl (C=O) groups excluding carboxylic acids is 1. The minimum Gasteiger partial charge on any atom is -0.439 e. The normalized spacial score (nSPS) is 10.7. The second-order valence-corrected chi connectivity index (χ2v) is 8.47. The molecule has 5 rings (SSSR count). The minimum absolute atomic E-state index is 0.119. The predicted molar refractivity (Wildman–Crippen MR) is 140 cm³/mol. The fourth-order valence-corrected chi connectivity index (χ4v) is 3.60. The molecule has 0 spiro atoms. The highest BCUT2D eigenvalue weighted by Crippen LogP contribution is 2.23. The molecule has 3 aromatic heterocycles. The molecule has 0 atom stereocenters. The van der Waals surface area contributed by atoms with Crippen molar-refractivity contribution < 1.29 is 13.9 Å². The average molecular weight is 532 g/mol. The molecule has 0 radical (unpaired) electrons. The van der Waals surface area contributed by atoms with Crippen LogP contribution in [0.4, 0.5) is 21.7 Å². The number of rotatable bonds is 8. The Bertz CT molecular complexity index is 1620. The number of amides is 1. The van der Waals surface area contributed by atoms with Gasteiger partial charge in [-0.1, -0.05) is 29.8 Å². The minimum atomic E-state index is -0.710. The fourth-order valence-electron chi connectivity index (χ4n) is 3.48. The summed E-state index contributed by atoms with van der Waals surface area (Å²) in [6.45, 7) is 0.297. The van der Waals surface area contributed by atoms with Gasteiger partial charge in [0.1, 0.15) is 11.3 Å². The van der Waals surface area contributed by atoms with E-state index in [1.807, 2.05) is 12.1 Å². The zero-order chi connectivity index (χ0) is 26.5. The van der Waals surface area contributed by atoms with Crippen molar-refractivity contribution in [3.63, 3.8) is 0 Å². The molecule has 38 heavy (non-hydrogen) atoms. The van der Waals surface area contributed by atoms with E-state index in [0.29, 0.717) is 28.7 Å². The maximum atomic E-state index is 13.3. The lowest BCUT2D eigenvalue weighted by molar-refractivity contribution is 0.102. The van der Waals surface area contributed by atoms with Crippen LogP contribution in [-0.4, -0.2) is 30.6 Å². The number of aromatic amines is 1. The van der Waals surface area contributed by atoms with E-state index >= 15 is 0 Å². The number of anilines is 3. The van der Waals surface area contributed by atoms with Gasteiger partial charge in [-0.25, -0.2) is 0 Å². The standard InChI is InChI=1S/C26H19ClFN7O3/c27-17-6-4-16(5-7-17)14-35-15-21(24(36)31-19-12-29-30-13-19)25(37)34-26(35)32-18-8-10-20(11-9-18)38-23-3-1-2-22(28)33-23/h1-13,15H,14H2,(H,29,30)(H,31,36)(H,32,34,37). The van der Waals surface area contributed by atoms with E-state index in [4.69, 9.17) is 16.3 Å². The molecule has 0 fully saturated rings. The number of halogens is 2. The lowest BCUT2D eigenvalue weighted by atomic mass is 10.2. The molecule has 0 bridgehead atoms. The van der Waals surface area contributed by atoms with Crippen LogP contribution in [0.1, 0.15) is 15.9 Å². The van der Waals surface area contributed by atoms with Crippen molar-refractivity contribution in [1.82, 2.24) is 24.7 Å². The van der Waals surface area contributed by atoms with Gasteiger partial charge in [-0.15, -0.1) is 0 Å². The number of pyridine rings is 1. The van der Waals surface area contributed by atoms with Crippen LogP contribution < -0.4 is 20.9 Å². The van der Waals surface area contributed by atoms with E-state index in [9.17, 15) is 14.0 Å². The molecule has 10 nitrogen and oxygen atoms in total. The third-order valence-electron chi connectivity index (χ3n) is 5.28. The van der Waals surface area contributed by atoms with E-state index in [-0.39, 0.29) is 17.4 Å². The smallest absolute Gasteiger partial charge is 0.287 e. The molecule has 0 saturated heterocycles. The summed E-state index contributed by atoms with van der Waals surface area (Å²) in [4.78, 5) is 33.4. The molecule has 0 aliphatic rings. The highest BCUT2D eigenvalue weighted by molar-refractivity contribution is 6.30. The Hall–Kier alpha value is -5.03. The molecule has 0 saturated carbocycles. The monoisotopic (exact) mass is 531 g/mol. The number of aromatic nitrogens is 5. The molecule has 0 unspecified atom stereocenters. The van der Waals surface area contributed by atoms with Crippen molar-refractivity contribution in [2.45, 2.75) is 6.54 Å². The van der Waals surface area contributed by atoms with Crippen molar-refractivity contribution in [2.75, 3.05) is 10.6 Å². The number of benzene rings is 2. The van der Waals surface area contributed by atoms with E-state index in [1.54, 1.807) is 47.0 Å². The second-order valence-electron chi connectivity index (χ2n) is 8.03. The Morgan fingerprint density at radius 3 is 2.53 bits per heavy atom. The molecule has 0 aliphatic heterocycles. The molecule has 3 heterocycles. The number of hydrogen-bond acceptors (Lipinski definition) is 7. The number of carbonyl (C=O) groups is 1. The van der Waals surface area contributed by atoms with Gasteiger partial charge >= 0.3 is 0 Å². The van der Waals surface area contributed by atoms with Crippen LogP contribution in [0.5, 0.6) is 11.6 Å². The SMILES string of the molecule is O=C(Nc1cn[nH]c1)c1cn(Cc2ccc(Cl)cc2)c(Nc2ccc(Oc3cccc(F)n3)cc2)nc1=O. The highest BCUT2D eigenvalue weighted by Gasteiger charge is 2.17. The zero-order valence-corrected chi connectivity index (χ0v) is 20.3. The third-order valence-corrected chi connectivity index (χ3v) is 5.54. The van der Waals surface area contributed by atoms with E-state index in [0.717, 1.165) is 5.56 Å². The maximum absolute atomic E-state index is 13.3. The first kappa shape index (κ1) is 24.7. The average Bonchev–Trinajstić information content (AvgIpc) is 3.41. The van der Waals surface area contributed by atoms with Gasteiger partial charge in [-0.05, 0) is 48.0 Å². The number of hydrogen-bond donors (Lipinski definition) is 3. The zero-order valence-electron chi connectivity index (χ0n) is 19.6. The topological polar surface area (TPSA) is 127 Å². The van der Waals surface area contributed by atoms with E-state index in [1.165, 1.54) is 30.7 Å². The van der Waals surface area contributed by atoms with Gasteiger partial charge in [-0.3, -0.25) is 14.7 Å². The molecule has 0 aliphatic carbocycles. The number of nitrogens with one attached hydrogen (secondary N) is 3. The highest BCUT2D eigenvalue weighted by atomic mass is 35.5. The van der Waals surface area contributed by atoms with Crippen LogP contribution >= 0.6 is 11.6 Å². The van der Waals surface area contributed by atoms with Crippen molar-refractivity contribution in [3.8, 4) is 11.6 Å². The first-order chi connectivity index (χ1) is 18.4. The van der Waals surface area contributed by atoms with Crippen molar-refractivity contribution in [2.24, 2.45) is 0 Å². The summed E-state index contributed by atoms with van der Waals surface area (Å²) in [5.74, 6) is -0.495. The predicted octanol–water partition coefficient (Wildman–Crippen LogP) is 4.99. The Morgan fingerprint density at radius 2 is 1.82 bits per heavy atom. The van der Waals surface area contributed by atoms with Crippen LogP contribution in [0.2, 0.25) is 5.02 Å². The summed E-state index contributed by atoms with van der Waals surface area (Å²) in [5, 5.41) is 12.7. The molecule has 5 aromatic rings. The molecule has 12 heteroatoms. The first-order valence-electron chi connectivity index (χ1n) is 11.3. The van der Waals surface area contributed by atoms with E-state index < -0.39 is 17.4 Å². The lowest BCUT2D eigenvalue weighted by Crippen LogP contribution is -2.27. The molecule has 2 aromatic carbocycles. The van der Waals surface area contributed by atoms with Crippen LogP contribution in [0, 0.1) is 5.95 Å². The Kier molecular flexibility index (Phi) is 7.09. The summed E-state index contributed by atoms with van der Waals surface area (Å²) in [6, 6.07) is 18.1. The molecular weight excluding hydrogens is 513 g/mol. The Labute approximate surface area is 220 Å². The van der Waals surface area contributed by atoms with Gasteiger partial charge in [0.25, 0.3) is 11.5 Å². The van der Waals surface area contributed by atoms with Gasteiger partial charge in [0.15, 0.2) is 0 Å². The number of H-pyrrole nitrogens is 1. The lowest BCUT2D eigenvalue weighted by Gasteiger charge is -2.16. The summed E-state index contributed by atoms with van der Waals surface area (Å²) in [6.07, 6.45) is 4.35. The van der Waals surface area contributed by atoms with Gasteiger partial charge in [0, 0.05) is 29.2 Å². The Balaban J connectivity index is 1.42. The van der Waals surface area contributed by atoms with Gasteiger partial charge in [-0.2, -0.15) is 19.5 Å². The van der Waals surface area contributed by atoms with Gasteiger partial charge in [0.05, 0.1) is 18.4 Å².